The first kappa shape index (κ1) is 13.9. The molecule has 0 saturated heterocycles. The minimum Gasteiger partial charge on any atom is -0.380 e. The lowest BCUT2D eigenvalue weighted by Crippen LogP contribution is -2.00. The van der Waals surface area contributed by atoms with E-state index in [1.54, 1.807) is 0 Å². The minimum atomic E-state index is -0.191. The second-order valence-electron chi connectivity index (χ2n) is 4.98. The van der Waals surface area contributed by atoms with Crippen LogP contribution in [0.2, 0.25) is 0 Å². The molecule has 0 saturated carbocycles. The summed E-state index contributed by atoms with van der Waals surface area (Å²) in [5.41, 5.74) is 4.92. The zero-order valence-electron chi connectivity index (χ0n) is 11.7. The highest BCUT2D eigenvalue weighted by Gasteiger charge is 2.05. The lowest BCUT2D eigenvalue weighted by Gasteiger charge is -2.09. The van der Waals surface area contributed by atoms with E-state index in [0.717, 1.165) is 34.2 Å². The third-order valence-electron chi connectivity index (χ3n) is 3.52. The van der Waals surface area contributed by atoms with Gasteiger partial charge in [0.05, 0.1) is 16.7 Å². The summed E-state index contributed by atoms with van der Waals surface area (Å²) in [6.07, 6.45) is 1.05. The fourth-order valence-electron chi connectivity index (χ4n) is 2.28. The molecule has 2 aromatic carbocycles. The SMILES string of the molecule is CCc1ccc(CNc2cc3[nH]c(=O)[nH]c3cc2Br)cc1. The molecule has 0 fully saturated rings. The molecule has 0 atom stereocenters. The van der Waals surface area contributed by atoms with Crippen LogP contribution in [0.5, 0.6) is 0 Å². The number of benzene rings is 2. The van der Waals surface area contributed by atoms with E-state index in [1.807, 2.05) is 12.1 Å². The van der Waals surface area contributed by atoms with Crippen molar-refractivity contribution in [1.29, 1.82) is 0 Å². The maximum atomic E-state index is 11.3. The van der Waals surface area contributed by atoms with Gasteiger partial charge in [-0.3, -0.25) is 0 Å². The van der Waals surface area contributed by atoms with Gasteiger partial charge in [-0.1, -0.05) is 31.2 Å². The summed E-state index contributed by atoms with van der Waals surface area (Å²) in [7, 11) is 0. The van der Waals surface area contributed by atoms with Crippen LogP contribution < -0.4 is 11.0 Å². The fourth-order valence-corrected chi connectivity index (χ4v) is 2.77. The fraction of sp³-hybridized carbons (Fsp3) is 0.188. The van der Waals surface area contributed by atoms with Gasteiger partial charge in [0, 0.05) is 11.0 Å². The van der Waals surface area contributed by atoms with Gasteiger partial charge in [-0.15, -0.1) is 0 Å². The number of H-pyrrole nitrogens is 2. The number of rotatable bonds is 4. The van der Waals surface area contributed by atoms with Crippen molar-refractivity contribution in [2.75, 3.05) is 5.32 Å². The van der Waals surface area contributed by atoms with Gasteiger partial charge in [0.25, 0.3) is 0 Å². The second kappa shape index (κ2) is 5.77. The number of fused-ring (bicyclic) bond motifs is 1. The van der Waals surface area contributed by atoms with Crippen molar-refractivity contribution in [2.45, 2.75) is 19.9 Å². The van der Waals surface area contributed by atoms with E-state index < -0.39 is 0 Å². The maximum Gasteiger partial charge on any atom is 0.323 e. The van der Waals surface area contributed by atoms with Crippen LogP contribution in [0.1, 0.15) is 18.1 Å². The van der Waals surface area contributed by atoms with E-state index in [2.05, 4.69) is 62.4 Å². The Kier molecular flexibility index (Phi) is 3.84. The van der Waals surface area contributed by atoms with Crippen LogP contribution in [-0.2, 0) is 13.0 Å². The van der Waals surface area contributed by atoms with Gasteiger partial charge in [0.1, 0.15) is 0 Å². The van der Waals surface area contributed by atoms with Gasteiger partial charge in [0.2, 0.25) is 0 Å². The molecule has 0 bridgehead atoms. The van der Waals surface area contributed by atoms with Gasteiger partial charge in [-0.25, -0.2) is 4.79 Å². The molecule has 3 rings (SSSR count). The molecule has 1 aromatic heterocycles. The Bertz CT molecular complexity index is 818. The van der Waals surface area contributed by atoms with Crippen molar-refractivity contribution in [3.05, 3.63) is 62.5 Å². The lowest BCUT2D eigenvalue weighted by atomic mass is 10.1. The Morgan fingerprint density at radius 3 is 2.33 bits per heavy atom. The number of nitrogens with one attached hydrogen (secondary N) is 3. The van der Waals surface area contributed by atoms with Crippen molar-refractivity contribution in [3.63, 3.8) is 0 Å². The first-order chi connectivity index (χ1) is 10.2. The minimum absolute atomic E-state index is 0.191. The van der Waals surface area contributed by atoms with Crippen LogP contribution in [0.15, 0.2) is 45.7 Å². The maximum absolute atomic E-state index is 11.3. The lowest BCUT2D eigenvalue weighted by molar-refractivity contribution is 1.10. The van der Waals surface area contributed by atoms with Crippen LogP contribution in [0.4, 0.5) is 5.69 Å². The quantitative estimate of drug-likeness (QED) is 0.673. The monoisotopic (exact) mass is 345 g/mol. The number of imidazole rings is 1. The first-order valence-electron chi connectivity index (χ1n) is 6.89. The molecule has 4 nitrogen and oxygen atoms in total. The molecule has 21 heavy (non-hydrogen) atoms. The summed E-state index contributed by atoms with van der Waals surface area (Å²) in [4.78, 5) is 16.8. The number of anilines is 1. The number of aromatic nitrogens is 2. The van der Waals surface area contributed by atoms with Crippen molar-refractivity contribution >= 4 is 32.7 Å². The standard InChI is InChI=1S/C16H16BrN3O/c1-2-10-3-5-11(6-4-10)9-18-13-8-15-14(7-12(13)17)19-16(21)20-15/h3-8,18H,2,9H2,1H3,(H2,19,20,21). The molecular formula is C16H16BrN3O. The highest BCUT2D eigenvalue weighted by Crippen LogP contribution is 2.26. The predicted octanol–water partition coefficient (Wildman–Crippen LogP) is 3.79. The van der Waals surface area contributed by atoms with E-state index >= 15 is 0 Å². The van der Waals surface area contributed by atoms with E-state index in [-0.39, 0.29) is 5.69 Å². The van der Waals surface area contributed by atoms with Crippen LogP contribution in [-0.4, -0.2) is 9.97 Å². The van der Waals surface area contributed by atoms with Gasteiger partial charge in [-0.05, 0) is 45.6 Å². The zero-order valence-corrected chi connectivity index (χ0v) is 13.3. The number of aromatic amines is 2. The van der Waals surface area contributed by atoms with Crippen LogP contribution in [0.25, 0.3) is 11.0 Å². The first-order valence-corrected chi connectivity index (χ1v) is 7.68. The molecule has 3 N–H and O–H groups in total. The predicted molar refractivity (Wildman–Crippen MR) is 89.8 cm³/mol. The van der Waals surface area contributed by atoms with Crippen molar-refractivity contribution < 1.29 is 0 Å². The third kappa shape index (κ3) is 3.03. The highest BCUT2D eigenvalue weighted by molar-refractivity contribution is 9.10. The Balaban J connectivity index is 1.80. The molecule has 0 radical (unpaired) electrons. The molecule has 0 aliphatic heterocycles. The summed E-state index contributed by atoms with van der Waals surface area (Å²) in [5, 5.41) is 3.39. The topological polar surface area (TPSA) is 60.7 Å². The average molecular weight is 346 g/mol. The normalized spacial score (nSPS) is 11.0. The Labute approximate surface area is 130 Å². The van der Waals surface area contributed by atoms with Gasteiger partial charge < -0.3 is 15.3 Å². The Hall–Kier alpha value is -2.01. The Morgan fingerprint density at radius 2 is 1.67 bits per heavy atom. The molecule has 3 aromatic rings. The van der Waals surface area contributed by atoms with E-state index in [1.165, 1.54) is 11.1 Å². The van der Waals surface area contributed by atoms with Crippen LogP contribution in [0.3, 0.4) is 0 Å². The summed E-state index contributed by atoms with van der Waals surface area (Å²) >= 11 is 3.52. The molecule has 0 aliphatic carbocycles. The largest absolute Gasteiger partial charge is 0.380 e. The van der Waals surface area contributed by atoms with Crippen molar-refractivity contribution in [2.24, 2.45) is 0 Å². The van der Waals surface area contributed by atoms with E-state index in [9.17, 15) is 4.79 Å². The summed E-state index contributed by atoms with van der Waals surface area (Å²) < 4.78 is 0.926. The second-order valence-corrected chi connectivity index (χ2v) is 5.83. The van der Waals surface area contributed by atoms with Gasteiger partial charge in [0.15, 0.2) is 0 Å². The molecule has 108 valence electrons. The smallest absolute Gasteiger partial charge is 0.323 e. The molecule has 0 unspecified atom stereocenters. The van der Waals surface area contributed by atoms with Crippen molar-refractivity contribution in [1.82, 2.24) is 9.97 Å². The number of aryl methyl sites for hydroxylation is 1. The molecule has 0 aliphatic rings. The number of hydrogen-bond donors (Lipinski definition) is 3. The number of hydrogen-bond acceptors (Lipinski definition) is 2. The molecule has 0 spiro atoms. The summed E-state index contributed by atoms with van der Waals surface area (Å²) in [6, 6.07) is 12.4. The van der Waals surface area contributed by atoms with Crippen LogP contribution >= 0.6 is 15.9 Å². The summed E-state index contributed by atoms with van der Waals surface area (Å²) in [5.74, 6) is 0. The number of halogens is 1. The zero-order chi connectivity index (χ0) is 14.8. The van der Waals surface area contributed by atoms with Gasteiger partial charge >= 0.3 is 5.69 Å². The van der Waals surface area contributed by atoms with Crippen molar-refractivity contribution in [3.8, 4) is 0 Å². The average Bonchev–Trinajstić information content (AvgIpc) is 2.84. The molecule has 0 amide bonds. The van der Waals surface area contributed by atoms with Gasteiger partial charge in [-0.2, -0.15) is 0 Å². The third-order valence-corrected chi connectivity index (χ3v) is 4.17. The Morgan fingerprint density at radius 1 is 1.05 bits per heavy atom. The van der Waals surface area contributed by atoms with E-state index in [0.29, 0.717) is 0 Å². The molecule has 5 heteroatoms. The highest BCUT2D eigenvalue weighted by atomic mass is 79.9. The molecular weight excluding hydrogens is 330 g/mol. The summed E-state index contributed by atoms with van der Waals surface area (Å²) in [6.45, 7) is 2.89. The molecule has 1 heterocycles. The van der Waals surface area contributed by atoms with E-state index in [4.69, 9.17) is 0 Å². The van der Waals surface area contributed by atoms with Crippen LogP contribution in [0, 0.1) is 0 Å².